The van der Waals surface area contributed by atoms with Crippen molar-refractivity contribution in [2.45, 2.75) is 13.1 Å². The summed E-state index contributed by atoms with van der Waals surface area (Å²) in [6.45, 7) is 0.961. The largest absolute Gasteiger partial charge is 0.497 e. The van der Waals surface area contributed by atoms with Crippen molar-refractivity contribution >= 4 is 12.1 Å². The van der Waals surface area contributed by atoms with Crippen molar-refractivity contribution in [2.75, 3.05) is 14.1 Å². The fourth-order valence-electron chi connectivity index (χ4n) is 2.83. The van der Waals surface area contributed by atoms with E-state index in [1.165, 1.54) is 9.47 Å². The number of ether oxygens (including phenoxy) is 1. The Bertz CT molecular complexity index is 944. The molecule has 3 aromatic rings. The van der Waals surface area contributed by atoms with Crippen LogP contribution in [0.5, 0.6) is 5.75 Å². The molecule has 6 heteroatoms. The maximum atomic E-state index is 12.6. The number of rotatable bonds is 5. The zero-order valence-corrected chi connectivity index (χ0v) is 16.6. The topological polar surface area (TPSA) is 53.7 Å². The molecule has 148 valence electrons. The van der Waals surface area contributed by atoms with Crippen molar-refractivity contribution in [3.63, 3.8) is 0 Å². The first-order valence-electron chi connectivity index (χ1n) is 9.30. The fourth-order valence-corrected chi connectivity index (χ4v) is 2.83. The quantitative estimate of drug-likeness (QED) is 0.624. The van der Waals surface area contributed by atoms with Crippen LogP contribution in [0, 0.1) is 0 Å². The summed E-state index contributed by atoms with van der Waals surface area (Å²) >= 11 is 0. The third kappa shape index (κ3) is 5.65. The Morgan fingerprint density at radius 3 is 1.76 bits per heavy atom. The van der Waals surface area contributed by atoms with Gasteiger partial charge in [-0.15, -0.1) is 0 Å². The molecule has 0 spiro atoms. The highest BCUT2D eigenvalue weighted by Gasteiger charge is 2.21. The van der Waals surface area contributed by atoms with Crippen LogP contribution in [0.15, 0.2) is 85.2 Å². The van der Waals surface area contributed by atoms with Gasteiger partial charge in [-0.05, 0) is 11.1 Å². The summed E-state index contributed by atoms with van der Waals surface area (Å²) in [5.74, 6) is 0.379. The molecular formula is C23H24N3O3+. The van der Waals surface area contributed by atoms with Crippen LogP contribution >= 0.6 is 0 Å². The van der Waals surface area contributed by atoms with Crippen LogP contribution in [-0.4, -0.2) is 36.0 Å². The van der Waals surface area contributed by atoms with E-state index in [9.17, 15) is 9.59 Å². The summed E-state index contributed by atoms with van der Waals surface area (Å²) in [7, 11) is 3.43. The second-order valence-corrected chi connectivity index (χ2v) is 6.77. The fraction of sp³-hybridized carbons (Fsp3) is 0.174. The molecule has 2 aromatic carbocycles. The van der Waals surface area contributed by atoms with Crippen molar-refractivity contribution in [2.24, 2.45) is 0 Å². The van der Waals surface area contributed by atoms with Crippen LogP contribution in [0.2, 0.25) is 0 Å². The minimum atomic E-state index is -0.459. The molecule has 0 fully saturated rings. The summed E-state index contributed by atoms with van der Waals surface area (Å²) in [6, 6.07) is 22.5. The van der Waals surface area contributed by atoms with Gasteiger partial charge in [0.05, 0.1) is 7.05 Å². The summed E-state index contributed by atoms with van der Waals surface area (Å²) in [5, 5.41) is 0. The highest BCUT2D eigenvalue weighted by molar-refractivity contribution is 5.70. The predicted molar refractivity (Wildman–Crippen MR) is 109 cm³/mol. The van der Waals surface area contributed by atoms with E-state index in [1.54, 1.807) is 43.5 Å². The van der Waals surface area contributed by atoms with Gasteiger partial charge in [0.15, 0.2) is 0 Å². The van der Waals surface area contributed by atoms with Gasteiger partial charge in [0.1, 0.15) is 24.7 Å². The van der Waals surface area contributed by atoms with E-state index in [2.05, 4.69) is 0 Å². The van der Waals surface area contributed by atoms with Crippen molar-refractivity contribution in [1.82, 2.24) is 9.80 Å². The maximum Gasteiger partial charge on any atom is 0.497 e. The minimum absolute atomic E-state index is 0.173. The first-order valence-corrected chi connectivity index (χ1v) is 9.30. The molecule has 0 saturated heterocycles. The molecule has 0 unspecified atom stereocenters. The van der Waals surface area contributed by atoms with Crippen LogP contribution in [0.25, 0.3) is 0 Å². The van der Waals surface area contributed by atoms with E-state index in [1.807, 2.05) is 60.7 Å². The molecule has 0 aliphatic heterocycles. The highest BCUT2D eigenvalue weighted by Crippen LogP contribution is 2.10. The number of aromatic nitrogens is 1. The molecule has 0 saturated carbocycles. The lowest BCUT2D eigenvalue weighted by Gasteiger charge is -2.16. The van der Waals surface area contributed by atoms with E-state index in [0.717, 1.165) is 11.1 Å². The van der Waals surface area contributed by atoms with Crippen LogP contribution in [0.3, 0.4) is 0 Å². The van der Waals surface area contributed by atoms with Gasteiger partial charge in [0.2, 0.25) is 0 Å². The molecule has 3 rings (SSSR count). The summed E-state index contributed by atoms with van der Waals surface area (Å²) in [4.78, 5) is 28.0. The van der Waals surface area contributed by atoms with Crippen molar-refractivity contribution in [3.8, 4) is 5.75 Å². The smallest absolute Gasteiger partial charge is 0.410 e. The van der Waals surface area contributed by atoms with Gasteiger partial charge in [0.25, 0.3) is 0 Å². The van der Waals surface area contributed by atoms with Crippen molar-refractivity contribution in [1.29, 1.82) is 0 Å². The Hall–Kier alpha value is -3.67. The molecule has 29 heavy (non-hydrogen) atoms. The number of amides is 2. The zero-order valence-electron chi connectivity index (χ0n) is 16.6. The Kier molecular flexibility index (Phi) is 6.58. The number of benzene rings is 2. The number of pyridine rings is 1. The van der Waals surface area contributed by atoms with E-state index in [4.69, 9.17) is 4.74 Å². The Morgan fingerprint density at radius 1 is 0.759 bits per heavy atom. The molecule has 0 bridgehead atoms. The molecule has 6 nitrogen and oxygen atoms in total. The molecular weight excluding hydrogens is 366 g/mol. The monoisotopic (exact) mass is 390 g/mol. The molecule has 0 radical (unpaired) electrons. The van der Waals surface area contributed by atoms with Crippen LogP contribution < -0.4 is 9.30 Å². The lowest BCUT2D eigenvalue weighted by Crippen LogP contribution is -2.50. The Labute approximate surface area is 170 Å². The molecule has 2 amide bonds. The molecule has 0 atom stereocenters. The van der Waals surface area contributed by atoms with Gasteiger partial charge in [0, 0.05) is 25.7 Å². The molecule has 1 aromatic heterocycles. The van der Waals surface area contributed by atoms with Crippen molar-refractivity contribution < 1.29 is 18.9 Å². The molecule has 0 N–H and O–H groups in total. The Balaban J connectivity index is 1.56. The third-order valence-corrected chi connectivity index (χ3v) is 4.39. The second-order valence-electron chi connectivity index (χ2n) is 6.77. The van der Waals surface area contributed by atoms with E-state index in [0.29, 0.717) is 18.8 Å². The van der Waals surface area contributed by atoms with Gasteiger partial charge in [-0.25, -0.2) is 9.69 Å². The lowest BCUT2D eigenvalue weighted by atomic mass is 10.2. The number of carbonyl (C=O) groups is 2. The van der Waals surface area contributed by atoms with Crippen molar-refractivity contribution in [3.05, 3.63) is 96.3 Å². The van der Waals surface area contributed by atoms with Crippen LogP contribution in [0.1, 0.15) is 11.1 Å². The van der Waals surface area contributed by atoms with E-state index < -0.39 is 6.09 Å². The summed E-state index contributed by atoms with van der Waals surface area (Å²) in [6.07, 6.45) is 2.71. The first-order chi connectivity index (χ1) is 14.0. The third-order valence-electron chi connectivity index (χ3n) is 4.39. The maximum absolute atomic E-state index is 12.6. The van der Waals surface area contributed by atoms with Crippen LogP contribution in [-0.2, 0) is 13.1 Å². The number of nitrogens with zero attached hydrogens (tertiary/aromatic N) is 3. The van der Waals surface area contributed by atoms with Gasteiger partial charge in [-0.2, -0.15) is 9.36 Å². The number of hydrogen-bond donors (Lipinski definition) is 0. The number of hydrogen-bond acceptors (Lipinski definition) is 3. The van der Waals surface area contributed by atoms with Gasteiger partial charge >= 0.3 is 12.1 Å². The van der Waals surface area contributed by atoms with Gasteiger partial charge in [-0.3, -0.25) is 0 Å². The standard InChI is InChI=1S/C23H24N3O3/c1-24(17-19-9-5-3-6-10-19)22(27)26-15-13-21(14-16-26)29-23(28)25(2)18-20-11-7-4-8-12-20/h3-16H,17-18H2,1-2H3/q+1. The molecule has 0 aliphatic rings. The number of carbonyl (C=O) groups excluding carboxylic acids is 2. The average Bonchev–Trinajstić information content (AvgIpc) is 2.75. The predicted octanol–water partition coefficient (Wildman–Crippen LogP) is 3.71. The lowest BCUT2D eigenvalue weighted by molar-refractivity contribution is -0.578. The highest BCUT2D eigenvalue weighted by atomic mass is 16.6. The summed E-state index contributed by atoms with van der Waals surface area (Å²) in [5.41, 5.74) is 2.07. The van der Waals surface area contributed by atoms with Gasteiger partial charge < -0.3 is 9.64 Å². The first kappa shape index (κ1) is 20.1. The van der Waals surface area contributed by atoms with E-state index in [-0.39, 0.29) is 6.03 Å². The van der Waals surface area contributed by atoms with E-state index >= 15 is 0 Å². The summed E-state index contributed by atoms with van der Waals surface area (Å²) < 4.78 is 6.84. The SMILES string of the molecule is CN(Cc1ccccc1)C(=O)Oc1cc[n+](C(=O)N(C)Cc2ccccc2)cc1. The Morgan fingerprint density at radius 2 is 1.24 bits per heavy atom. The van der Waals surface area contributed by atoms with Crippen LogP contribution in [0.4, 0.5) is 9.59 Å². The normalized spacial score (nSPS) is 10.3. The average molecular weight is 390 g/mol. The molecule has 1 heterocycles. The zero-order chi connectivity index (χ0) is 20.6. The second kappa shape index (κ2) is 9.50. The molecule has 0 aliphatic carbocycles. The minimum Gasteiger partial charge on any atom is -0.410 e. The van der Waals surface area contributed by atoms with Gasteiger partial charge in [-0.1, -0.05) is 60.7 Å².